The minimum absolute atomic E-state index is 0.0924. The zero-order chi connectivity index (χ0) is 18.6. The number of amides is 1. The van der Waals surface area contributed by atoms with Gasteiger partial charge < -0.3 is 10.1 Å². The monoisotopic (exact) mass is 382 g/mol. The van der Waals surface area contributed by atoms with E-state index in [2.05, 4.69) is 5.32 Å². The lowest BCUT2D eigenvalue weighted by Crippen LogP contribution is -2.30. The third kappa shape index (κ3) is 4.91. The number of anilines is 1. The van der Waals surface area contributed by atoms with Crippen LogP contribution in [-0.4, -0.2) is 22.9 Å². The maximum absolute atomic E-state index is 12.1. The van der Waals surface area contributed by atoms with Crippen molar-refractivity contribution in [2.24, 2.45) is 0 Å². The molecule has 0 aliphatic rings. The van der Waals surface area contributed by atoms with Crippen LogP contribution in [0.3, 0.4) is 0 Å². The van der Waals surface area contributed by atoms with Gasteiger partial charge in [-0.15, -0.1) is 0 Å². The molecule has 9 heteroatoms. The van der Waals surface area contributed by atoms with Crippen LogP contribution in [0, 0.1) is 10.1 Å². The first-order chi connectivity index (χ1) is 11.8. The molecule has 7 nitrogen and oxygen atoms in total. The third-order valence-electron chi connectivity index (χ3n) is 3.16. The number of halogens is 2. The number of nitro groups is 1. The van der Waals surface area contributed by atoms with Crippen molar-refractivity contribution in [2.75, 3.05) is 5.32 Å². The Morgan fingerprint density at radius 2 is 1.80 bits per heavy atom. The highest BCUT2D eigenvalue weighted by atomic mass is 35.5. The molecule has 25 heavy (non-hydrogen) atoms. The highest BCUT2D eigenvalue weighted by Crippen LogP contribution is 2.25. The summed E-state index contributed by atoms with van der Waals surface area (Å²) >= 11 is 11.7. The maximum atomic E-state index is 12.1. The third-order valence-corrected chi connectivity index (χ3v) is 3.70. The summed E-state index contributed by atoms with van der Waals surface area (Å²) in [5.41, 5.74) is 0.267. The van der Waals surface area contributed by atoms with Gasteiger partial charge in [-0.05, 0) is 37.3 Å². The molecule has 2 rings (SSSR count). The molecule has 0 aliphatic heterocycles. The molecule has 0 spiro atoms. The van der Waals surface area contributed by atoms with Gasteiger partial charge in [0.15, 0.2) is 6.10 Å². The van der Waals surface area contributed by atoms with Crippen LogP contribution >= 0.6 is 23.2 Å². The molecule has 0 bridgehead atoms. The first-order valence-corrected chi connectivity index (χ1v) is 7.75. The van der Waals surface area contributed by atoms with Gasteiger partial charge in [-0.3, -0.25) is 14.9 Å². The Bertz CT molecular complexity index is 824. The van der Waals surface area contributed by atoms with Gasteiger partial charge in [0.2, 0.25) is 0 Å². The quantitative estimate of drug-likeness (QED) is 0.477. The van der Waals surface area contributed by atoms with Gasteiger partial charge in [-0.1, -0.05) is 23.2 Å². The highest BCUT2D eigenvalue weighted by Gasteiger charge is 2.20. The molecule has 1 amide bonds. The van der Waals surface area contributed by atoms with Crippen molar-refractivity contribution in [3.05, 3.63) is 68.2 Å². The van der Waals surface area contributed by atoms with E-state index in [0.717, 1.165) is 0 Å². The van der Waals surface area contributed by atoms with Crippen molar-refractivity contribution >= 4 is 46.5 Å². The van der Waals surface area contributed by atoms with Gasteiger partial charge in [0.1, 0.15) is 0 Å². The molecule has 0 radical (unpaired) electrons. The first kappa shape index (κ1) is 18.7. The Hall–Kier alpha value is -2.64. The Morgan fingerprint density at radius 3 is 2.36 bits per heavy atom. The summed E-state index contributed by atoms with van der Waals surface area (Å²) in [6, 6.07) is 9.39. The highest BCUT2D eigenvalue weighted by molar-refractivity contribution is 6.36. The Kier molecular flexibility index (Phi) is 5.95. The Labute approximate surface area is 152 Å². The normalized spacial score (nSPS) is 11.5. The summed E-state index contributed by atoms with van der Waals surface area (Å²) < 4.78 is 5.04. The largest absolute Gasteiger partial charge is 0.449 e. The minimum atomic E-state index is -1.10. The maximum Gasteiger partial charge on any atom is 0.338 e. The zero-order valence-electron chi connectivity index (χ0n) is 12.9. The lowest BCUT2D eigenvalue weighted by molar-refractivity contribution is -0.384. The number of carbonyl (C=O) groups excluding carboxylic acids is 2. The molecular weight excluding hydrogens is 371 g/mol. The fraction of sp³-hybridized carbons (Fsp3) is 0.125. The molecule has 130 valence electrons. The van der Waals surface area contributed by atoms with Crippen LogP contribution in [0.1, 0.15) is 17.3 Å². The fourth-order valence-electron chi connectivity index (χ4n) is 1.83. The van der Waals surface area contributed by atoms with Gasteiger partial charge in [0, 0.05) is 17.2 Å². The fourth-order valence-corrected chi connectivity index (χ4v) is 2.28. The molecule has 1 atom stereocenters. The second kappa shape index (κ2) is 7.96. The topological polar surface area (TPSA) is 98.5 Å². The van der Waals surface area contributed by atoms with Crippen molar-refractivity contribution in [3.8, 4) is 0 Å². The number of carbonyl (C=O) groups is 2. The molecule has 0 saturated heterocycles. The standard InChI is InChI=1S/C16H12Cl2N2O5/c1-9(15(21)19-14-7-4-11(17)8-13(14)18)25-16(22)10-2-5-12(6-3-10)20(23)24/h2-9H,1H3,(H,19,21)/t9-/m1/s1. The number of benzene rings is 2. The van der Waals surface area contributed by atoms with Gasteiger partial charge in [0.05, 0.1) is 21.2 Å². The van der Waals surface area contributed by atoms with Crippen LogP contribution in [0.25, 0.3) is 0 Å². The zero-order valence-corrected chi connectivity index (χ0v) is 14.4. The average Bonchev–Trinajstić information content (AvgIpc) is 2.57. The molecular formula is C16H12Cl2N2O5. The Morgan fingerprint density at radius 1 is 1.16 bits per heavy atom. The predicted molar refractivity (Wildman–Crippen MR) is 93.1 cm³/mol. The van der Waals surface area contributed by atoms with Gasteiger partial charge in [-0.2, -0.15) is 0 Å². The number of rotatable bonds is 5. The summed E-state index contributed by atoms with van der Waals surface area (Å²) in [6.07, 6.45) is -1.10. The number of esters is 1. The molecule has 2 aromatic rings. The number of hydrogen-bond donors (Lipinski definition) is 1. The predicted octanol–water partition coefficient (Wildman–Crippen LogP) is 4.09. The average molecular weight is 383 g/mol. The lowest BCUT2D eigenvalue weighted by atomic mass is 10.2. The van der Waals surface area contributed by atoms with Crippen LogP contribution < -0.4 is 5.32 Å². The molecule has 0 fully saturated rings. The van der Waals surface area contributed by atoms with Crippen molar-refractivity contribution in [2.45, 2.75) is 13.0 Å². The van der Waals surface area contributed by atoms with E-state index >= 15 is 0 Å². The van der Waals surface area contributed by atoms with Crippen LogP contribution in [0.2, 0.25) is 10.0 Å². The lowest BCUT2D eigenvalue weighted by Gasteiger charge is -2.14. The van der Waals surface area contributed by atoms with Gasteiger partial charge in [0.25, 0.3) is 11.6 Å². The van der Waals surface area contributed by atoms with Crippen LogP contribution in [-0.2, 0) is 9.53 Å². The van der Waals surface area contributed by atoms with Gasteiger partial charge >= 0.3 is 5.97 Å². The molecule has 2 aromatic carbocycles. The molecule has 0 unspecified atom stereocenters. The summed E-state index contributed by atoms with van der Waals surface area (Å²) in [5.74, 6) is -1.36. The van der Waals surface area contributed by atoms with Crippen molar-refractivity contribution in [3.63, 3.8) is 0 Å². The van der Waals surface area contributed by atoms with Crippen LogP contribution in [0.4, 0.5) is 11.4 Å². The van der Waals surface area contributed by atoms with E-state index in [-0.39, 0.29) is 16.3 Å². The molecule has 0 aromatic heterocycles. The van der Waals surface area contributed by atoms with E-state index in [4.69, 9.17) is 27.9 Å². The number of nitrogens with one attached hydrogen (secondary N) is 1. The molecule has 0 heterocycles. The number of nitrogens with zero attached hydrogens (tertiary/aromatic N) is 1. The second-order valence-corrected chi connectivity index (χ2v) is 5.81. The molecule has 1 N–H and O–H groups in total. The number of hydrogen-bond acceptors (Lipinski definition) is 5. The summed E-state index contributed by atoms with van der Waals surface area (Å²) in [4.78, 5) is 34.1. The van der Waals surface area contributed by atoms with E-state index in [1.807, 2.05) is 0 Å². The Balaban J connectivity index is 2.00. The first-order valence-electron chi connectivity index (χ1n) is 6.99. The summed E-state index contributed by atoms with van der Waals surface area (Å²) in [7, 11) is 0. The van der Waals surface area contributed by atoms with E-state index in [9.17, 15) is 19.7 Å². The smallest absolute Gasteiger partial charge is 0.338 e. The minimum Gasteiger partial charge on any atom is -0.449 e. The summed E-state index contributed by atoms with van der Waals surface area (Å²) in [5, 5.41) is 13.8. The van der Waals surface area contributed by atoms with E-state index in [0.29, 0.717) is 10.7 Å². The van der Waals surface area contributed by atoms with Crippen LogP contribution in [0.5, 0.6) is 0 Å². The number of non-ortho nitro benzene ring substituents is 1. The molecule has 0 aliphatic carbocycles. The van der Waals surface area contributed by atoms with Crippen LogP contribution in [0.15, 0.2) is 42.5 Å². The van der Waals surface area contributed by atoms with Crippen molar-refractivity contribution < 1.29 is 19.2 Å². The van der Waals surface area contributed by atoms with E-state index in [1.165, 1.54) is 43.3 Å². The van der Waals surface area contributed by atoms with E-state index in [1.54, 1.807) is 6.07 Å². The van der Waals surface area contributed by atoms with E-state index < -0.39 is 22.9 Å². The van der Waals surface area contributed by atoms with Crippen molar-refractivity contribution in [1.29, 1.82) is 0 Å². The second-order valence-electron chi connectivity index (χ2n) is 4.96. The molecule has 0 saturated carbocycles. The summed E-state index contributed by atoms with van der Waals surface area (Å²) in [6.45, 7) is 1.39. The SMILES string of the molecule is C[C@@H](OC(=O)c1ccc([N+](=O)[O-])cc1)C(=O)Nc1ccc(Cl)cc1Cl. The number of nitro benzene ring substituents is 1. The van der Waals surface area contributed by atoms with Crippen molar-refractivity contribution in [1.82, 2.24) is 0 Å². The number of ether oxygens (including phenoxy) is 1. The van der Waals surface area contributed by atoms with Gasteiger partial charge in [-0.25, -0.2) is 4.79 Å².